The molecule has 2 heterocycles. The van der Waals surface area contributed by atoms with Crippen LogP contribution < -0.4 is 24.4 Å². The number of amides is 1. The lowest BCUT2D eigenvalue weighted by molar-refractivity contribution is -0.123. The SMILES string of the molecule is O=C(COc1ccccc1)NC[C@@H](c1ccc2c(c1)OCO2)N1CCN(c2ccccc2)CC1. The van der Waals surface area contributed by atoms with Crippen molar-refractivity contribution in [2.75, 3.05) is 51.0 Å². The number of rotatable bonds is 8. The van der Waals surface area contributed by atoms with E-state index in [0.717, 1.165) is 43.2 Å². The van der Waals surface area contributed by atoms with Crippen molar-refractivity contribution >= 4 is 11.6 Å². The highest BCUT2D eigenvalue weighted by Gasteiger charge is 2.27. The van der Waals surface area contributed by atoms with Gasteiger partial charge in [0, 0.05) is 38.4 Å². The molecule has 0 bridgehead atoms. The maximum Gasteiger partial charge on any atom is 0.258 e. The van der Waals surface area contributed by atoms with Crippen molar-refractivity contribution in [1.29, 1.82) is 0 Å². The third-order valence-electron chi connectivity index (χ3n) is 6.26. The number of nitrogens with zero attached hydrogens (tertiary/aromatic N) is 2. The molecule has 3 aromatic rings. The van der Waals surface area contributed by atoms with Crippen LogP contribution >= 0.6 is 0 Å². The zero-order chi connectivity index (χ0) is 23.2. The van der Waals surface area contributed by atoms with Crippen molar-refractivity contribution in [3.05, 3.63) is 84.4 Å². The summed E-state index contributed by atoms with van der Waals surface area (Å²) in [6.07, 6.45) is 0. The van der Waals surface area contributed by atoms with Crippen LogP contribution in [0.25, 0.3) is 0 Å². The van der Waals surface area contributed by atoms with E-state index >= 15 is 0 Å². The Morgan fingerprint density at radius 1 is 0.882 bits per heavy atom. The minimum Gasteiger partial charge on any atom is -0.484 e. The molecule has 0 unspecified atom stereocenters. The Morgan fingerprint density at radius 3 is 2.35 bits per heavy atom. The van der Waals surface area contributed by atoms with Gasteiger partial charge >= 0.3 is 0 Å². The molecule has 1 amide bonds. The monoisotopic (exact) mass is 459 g/mol. The molecule has 2 aliphatic rings. The first-order valence-electron chi connectivity index (χ1n) is 11.6. The van der Waals surface area contributed by atoms with Crippen LogP contribution in [0.2, 0.25) is 0 Å². The van der Waals surface area contributed by atoms with E-state index in [0.29, 0.717) is 12.3 Å². The predicted molar refractivity (Wildman–Crippen MR) is 130 cm³/mol. The van der Waals surface area contributed by atoms with Crippen LogP contribution in [0.15, 0.2) is 78.9 Å². The molecule has 5 rings (SSSR count). The summed E-state index contributed by atoms with van der Waals surface area (Å²) in [4.78, 5) is 17.4. The number of carbonyl (C=O) groups is 1. The molecule has 1 N–H and O–H groups in total. The predicted octanol–water partition coefficient (Wildman–Crippen LogP) is 3.47. The second kappa shape index (κ2) is 10.5. The highest BCUT2D eigenvalue weighted by molar-refractivity contribution is 5.77. The highest BCUT2D eigenvalue weighted by Crippen LogP contribution is 2.35. The average molecular weight is 460 g/mol. The van der Waals surface area contributed by atoms with Crippen molar-refractivity contribution in [1.82, 2.24) is 10.2 Å². The highest BCUT2D eigenvalue weighted by atomic mass is 16.7. The van der Waals surface area contributed by atoms with Gasteiger partial charge in [0.2, 0.25) is 6.79 Å². The summed E-state index contributed by atoms with van der Waals surface area (Å²) in [5.74, 6) is 2.06. The largest absolute Gasteiger partial charge is 0.484 e. The molecule has 34 heavy (non-hydrogen) atoms. The molecule has 0 aromatic heterocycles. The molecule has 1 saturated heterocycles. The molecule has 1 atom stereocenters. The van der Waals surface area contributed by atoms with Gasteiger partial charge in [-0.1, -0.05) is 42.5 Å². The average Bonchev–Trinajstić information content (AvgIpc) is 3.37. The van der Waals surface area contributed by atoms with Crippen LogP contribution in [0.3, 0.4) is 0 Å². The number of piperazine rings is 1. The fourth-order valence-corrected chi connectivity index (χ4v) is 4.44. The van der Waals surface area contributed by atoms with E-state index in [4.69, 9.17) is 14.2 Å². The fraction of sp³-hybridized carbons (Fsp3) is 0.296. The number of hydrogen-bond donors (Lipinski definition) is 1. The summed E-state index contributed by atoms with van der Waals surface area (Å²) in [5.41, 5.74) is 2.34. The van der Waals surface area contributed by atoms with E-state index in [1.165, 1.54) is 5.69 Å². The summed E-state index contributed by atoms with van der Waals surface area (Å²) < 4.78 is 16.7. The van der Waals surface area contributed by atoms with Gasteiger partial charge in [0.15, 0.2) is 18.1 Å². The summed E-state index contributed by atoms with van der Waals surface area (Å²) in [5, 5.41) is 3.07. The molecule has 0 spiro atoms. The molecule has 0 radical (unpaired) electrons. The third-order valence-corrected chi connectivity index (χ3v) is 6.26. The second-order valence-electron chi connectivity index (χ2n) is 8.39. The number of nitrogens with one attached hydrogen (secondary N) is 1. The summed E-state index contributed by atoms with van der Waals surface area (Å²) >= 11 is 0. The van der Waals surface area contributed by atoms with E-state index in [1.54, 1.807) is 0 Å². The summed E-state index contributed by atoms with van der Waals surface area (Å²) in [6, 6.07) is 25.9. The van der Waals surface area contributed by atoms with E-state index in [9.17, 15) is 4.79 Å². The van der Waals surface area contributed by atoms with Crippen LogP contribution in [0, 0.1) is 0 Å². The Balaban J connectivity index is 1.25. The van der Waals surface area contributed by atoms with Gasteiger partial charge in [0.1, 0.15) is 5.75 Å². The number of benzene rings is 3. The van der Waals surface area contributed by atoms with Crippen molar-refractivity contribution in [3.63, 3.8) is 0 Å². The zero-order valence-electron chi connectivity index (χ0n) is 19.1. The number of hydrogen-bond acceptors (Lipinski definition) is 6. The number of carbonyl (C=O) groups excluding carboxylic acids is 1. The van der Waals surface area contributed by atoms with Gasteiger partial charge < -0.3 is 24.4 Å². The zero-order valence-corrected chi connectivity index (χ0v) is 19.1. The summed E-state index contributed by atoms with van der Waals surface area (Å²) in [7, 11) is 0. The lowest BCUT2D eigenvalue weighted by atomic mass is 10.0. The molecule has 7 nitrogen and oxygen atoms in total. The van der Waals surface area contributed by atoms with Crippen LogP contribution in [-0.4, -0.2) is 56.9 Å². The first-order chi connectivity index (χ1) is 16.8. The smallest absolute Gasteiger partial charge is 0.258 e. The minimum absolute atomic E-state index is 0.0142. The third kappa shape index (κ3) is 5.26. The lowest BCUT2D eigenvalue weighted by Crippen LogP contribution is -2.50. The van der Waals surface area contributed by atoms with Gasteiger partial charge in [-0.2, -0.15) is 0 Å². The number of anilines is 1. The molecule has 2 aliphatic heterocycles. The van der Waals surface area contributed by atoms with Crippen molar-refractivity contribution in [3.8, 4) is 17.2 Å². The van der Waals surface area contributed by atoms with Crippen molar-refractivity contribution in [2.24, 2.45) is 0 Å². The van der Waals surface area contributed by atoms with Gasteiger partial charge in [-0.05, 0) is 42.0 Å². The van der Waals surface area contributed by atoms with Crippen LogP contribution in [0.1, 0.15) is 11.6 Å². The van der Waals surface area contributed by atoms with Crippen molar-refractivity contribution in [2.45, 2.75) is 6.04 Å². The van der Waals surface area contributed by atoms with Gasteiger partial charge in [-0.25, -0.2) is 0 Å². The Morgan fingerprint density at radius 2 is 1.59 bits per heavy atom. The number of ether oxygens (including phenoxy) is 3. The second-order valence-corrected chi connectivity index (χ2v) is 8.39. The molecular weight excluding hydrogens is 430 g/mol. The number of fused-ring (bicyclic) bond motifs is 1. The van der Waals surface area contributed by atoms with Crippen LogP contribution in [-0.2, 0) is 4.79 Å². The lowest BCUT2D eigenvalue weighted by Gasteiger charge is -2.40. The molecule has 1 fully saturated rings. The van der Waals surface area contributed by atoms with Crippen LogP contribution in [0.4, 0.5) is 5.69 Å². The standard InChI is InChI=1S/C27H29N3O4/c31-27(19-32-23-9-5-2-6-10-23)28-18-24(21-11-12-25-26(17-21)34-20-33-25)30-15-13-29(14-16-30)22-7-3-1-4-8-22/h1-12,17,24H,13-16,18-20H2,(H,28,31)/t24-/m0/s1. The van der Waals surface area contributed by atoms with E-state index in [1.807, 2.05) is 48.5 Å². The molecule has 176 valence electrons. The first kappa shape index (κ1) is 22.1. The molecule has 0 saturated carbocycles. The Kier molecular flexibility index (Phi) is 6.81. The minimum atomic E-state index is -0.141. The Hall–Kier alpha value is -3.71. The Labute approximate surface area is 199 Å². The normalized spacial score (nSPS) is 16.2. The van der Waals surface area contributed by atoms with Crippen molar-refractivity contribution < 1.29 is 19.0 Å². The molecular formula is C27H29N3O4. The van der Waals surface area contributed by atoms with E-state index in [-0.39, 0.29) is 25.3 Å². The quantitative estimate of drug-likeness (QED) is 0.557. The molecule has 7 heteroatoms. The first-order valence-corrected chi connectivity index (χ1v) is 11.6. The maximum atomic E-state index is 12.6. The summed E-state index contributed by atoms with van der Waals surface area (Å²) in [6.45, 7) is 4.36. The molecule has 3 aromatic carbocycles. The van der Waals surface area contributed by atoms with Gasteiger partial charge in [-0.3, -0.25) is 9.69 Å². The topological polar surface area (TPSA) is 63.3 Å². The fourth-order valence-electron chi connectivity index (χ4n) is 4.44. The van der Waals surface area contributed by atoms with E-state index in [2.05, 4.69) is 45.4 Å². The van der Waals surface area contributed by atoms with Crippen LogP contribution in [0.5, 0.6) is 17.2 Å². The van der Waals surface area contributed by atoms with Gasteiger partial charge in [0.05, 0.1) is 6.04 Å². The van der Waals surface area contributed by atoms with E-state index < -0.39 is 0 Å². The van der Waals surface area contributed by atoms with Gasteiger partial charge in [0.25, 0.3) is 5.91 Å². The number of para-hydroxylation sites is 2. The van der Waals surface area contributed by atoms with Gasteiger partial charge in [-0.15, -0.1) is 0 Å². The molecule has 0 aliphatic carbocycles. The Bertz CT molecular complexity index is 1090. The maximum absolute atomic E-state index is 12.6.